The number of pyridine rings is 3. The third-order valence-corrected chi connectivity index (χ3v) is 6.55. The van der Waals surface area contributed by atoms with Gasteiger partial charge in [0.1, 0.15) is 17.4 Å². The van der Waals surface area contributed by atoms with Gasteiger partial charge in [0, 0.05) is 47.4 Å². The molecule has 6 aromatic rings. The lowest BCUT2D eigenvalue weighted by atomic mass is 10.0. The summed E-state index contributed by atoms with van der Waals surface area (Å²) in [6.07, 6.45) is 4.61. The van der Waals surface area contributed by atoms with Gasteiger partial charge in [0.05, 0.1) is 30.6 Å². The number of aromatic amines is 1. The Morgan fingerprint density at radius 2 is 1.63 bits per heavy atom. The highest BCUT2D eigenvalue weighted by molar-refractivity contribution is 5.93. The number of rotatable bonds is 7. The highest BCUT2D eigenvalue weighted by Crippen LogP contribution is 2.38. The maximum Gasteiger partial charge on any atom is 0.200 e. The summed E-state index contributed by atoms with van der Waals surface area (Å²) in [5, 5.41) is 3.89. The van der Waals surface area contributed by atoms with Crippen molar-refractivity contribution in [3.63, 3.8) is 0 Å². The number of hydrogen-bond acceptors (Lipinski definition) is 7. The highest BCUT2D eigenvalue weighted by atomic mass is 19.1. The third kappa shape index (κ3) is 4.87. The lowest BCUT2D eigenvalue weighted by molar-refractivity contribution is 0.355. The van der Waals surface area contributed by atoms with E-state index in [2.05, 4.69) is 20.3 Å². The normalized spacial score (nSPS) is 11.0. The Labute approximate surface area is 232 Å². The van der Waals surface area contributed by atoms with Crippen molar-refractivity contribution in [1.82, 2.24) is 15.0 Å². The van der Waals surface area contributed by atoms with Gasteiger partial charge < -0.3 is 24.5 Å². The van der Waals surface area contributed by atoms with Crippen LogP contribution in [0.1, 0.15) is 0 Å². The Morgan fingerprint density at radius 1 is 0.829 bits per heavy atom. The molecule has 2 N–H and O–H groups in total. The van der Waals surface area contributed by atoms with Crippen LogP contribution in [0.3, 0.4) is 0 Å². The number of hydrogen-bond donors (Lipinski definition) is 2. The molecular weight excluding hydrogens is 530 g/mol. The van der Waals surface area contributed by atoms with Gasteiger partial charge in [0.2, 0.25) is 5.43 Å². The molecule has 0 spiro atoms. The fourth-order valence-corrected chi connectivity index (χ4v) is 4.58. The summed E-state index contributed by atoms with van der Waals surface area (Å²) >= 11 is 0. The minimum Gasteiger partial charge on any atom is -0.493 e. The number of methoxy groups -OCH3 is 2. The summed E-state index contributed by atoms with van der Waals surface area (Å²) in [7, 11) is 3.05. The smallest absolute Gasteiger partial charge is 0.200 e. The maximum atomic E-state index is 15.3. The van der Waals surface area contributed by atoms with Crippen LogP contribution in [0.15, 0.2) is 90.1 Å². The lowest BCUT2D eigenvalue weighted by Gasteiger charge is -2.14. The number of nitrogens with zero attached hydrogens (tertiary/aromatic N) is 2. The van der Waals surface area contributed by atoms with Crippen molar-refractivity contribution in [2.45, 2.75) is 0 Å². The average Bonchev–Trinajstić information content (AvgIpc) is 2.98. The van der Waals surface area contributed by atoms with Crippen molar-refractivity contribution in [3.05, 3.63) is 107 Å². The first-order chi connectivity index (χ1) is 19.9. The standard InChI is InChI=1S/C31H22F2N4O4/c1-39-27-14-20-24(15-28(27)40-2)34-11-9-25(20)41-26-7-6-19(13-22(26)33)37-31-29-23(8-10-35-31)36-16-21(30(29)38)17-4-3-5-18(32)12-17/h3-16H,1-2H3,(H,35,37)(H,36,38). The second-order valence-corrected chi connectivity index (χ2v) is 9.03. The molecule has 0 saturated carbocycles. The van der Waals surface area contributed by atoms with Crippen molar-refractivity contribution in [2.75, 3.05) is 19.5 Å². The van der Waals surface area contributed by atoms with Crippen LogP contribution < -0.4 is 25.0 Å². The van der Waals surface area contributed by atoms with Gasteiger partial charge in [-0.3, -0.25) is 9.78 Å². The van der Waals surface area contributed by atoms with E-state index in [1.54, 1.807) is 42.6 Å². The van der Waals surface area contributed by atoms with Crippen LogP contribution in [0, 0.1) is 11.6 Å². The van der Waals surface area contributed by atoms with Crippen LogP contribution in [-0.4, -0.2) is 29.2 Å². The van der Waals surface area contributed by atoms with E-state index in [4.69, 9.17) is 14.2 Å². The van der Waals surface area contributed by atoms with Crippen LogP contribution >= 0.6 is 0 Å². The summed E-state index contributed by atoms with van der Waals surface area (Å²) in [5.74, 6) is 0.470. The van der Waals surface area contributed by atoms with Gasteiger partial charge in [0.15, 0.2) is 23.1 Å². The summed E-state index contributed by atoms with van der Waals surface area (Å²) in [4.78, 5) is 25.1. The summed E-state index contributed by atoms with van der Waals surface area (Å²) in [5.41, 5.74) is 1.80. The summed E-state index contributed by atoms with van der Waals surface area (Å²) in [6.45, 7) is 0. The molecule has 6 rings (SSSR count). The van der Waals surface area contributed by atoms with Crippen LogP contribution in [0.4, 0.5) is 20.3 Å². The Hall–Kier alpha value is -5.51. The van der Waals surface area contributed by atoms with Gasteiger partial charge in [-0.2, -0.15) is 0 Å². The van der Waals surface area contributed by atoms with E-state index in [0.717, 1.165) is 0 Å². The molecule has 0 amide bonds. The van der Waals surface area contributed by atoms with Crippen molar-refractivity contribution in [3.8, 4) is 34.1 Å². The minimum atomic E-state index is -0.643. The van der Waals surface area contributed by atoms with E-state index in [1.807, 2.05) is 0 Å². The highest BCUT2D eigenvalue weighted by Gasteiger charge is 2.16. The van der Waals surface area contributed by atoms with Gasteiger partial charge in [-0.25, -0.2) is 13.8 Å². The Balaban J connectivity index is 1.33. The van der Waals surface area contributed by atoms with Crippen LogP contribution in [0.2, 0.25) is 0 Å². The molecule has 3 aromatic heterocycles. The van der Waals surface area contributed by atoms with Gasteiger partial charge in [-0.05, 0) is 48.0 Å². The number of aromatic nitrogens is 3. The molecule has 8 nitrogen and oxygen atoms in total. The average molecular weight is 553 g/mol. The molecule has 204 valence electrons. The van der Waals surface area contributed by atoms with E-state index in [9.17, 15) is 9.18 Å². The predicted octanol–water partition coefficient (Wildman–Crippen LogP) is 6.97. The number of ether oxygens (including phenoxy) is 3. The van der Waals surface area contributed by atoms with E-state index in [0.29, 0.717) is 44.9 Å². The summed E-state index contributed by atoms with van der Waals surface area (Å²) < 4.78 is 45.7. The maximum absolute atomic E-state index is 15.3. The van der Waals surface area contributed by atoms with Crippen LogP contribution in [0.5, 0.6) is 23.0 Å². The minimum absolute atomic E-state index is 0.0186. The SMILES string of the molecule is COc1cc2nccc(Oc3ccc(Nc4nccc5[nH]cc(-c6cccc(F)c6)c(=O)c45)cc3F)c2cc1OC. The number of nitrogens with one attached hydrogen (secondary N) is 2. The van der Waals surface area contributed by atoms with Crippen molar-refractivity contribution in [2.24, 2.45) is 0 Å². The van der Waals surface area contributed by atoms with E-state index in [1.165, 1.54) is 56.9 Å². The first-order valence-corrected chi connectivity index (χ1v) is 12.5. The van der Waals surface area contributed by atoms with Crippen molar-refractivity contribution < 1.29 is 23.0 Å². The number of benzene rings is 3. The Bertz CT molecular complexity index is 1990. The Morgan fingerprint density at radius 3 is 2.41 bits per heavy atom. The van der Waals surface area contributed by atoms with E-state index >= 15 is 4.39 Å². The molecule has 0 aliphatic rings. The molecule has 10 heteroatoms. The first-order valence-electron chi connectivity index (χ1n) is 12.5. The molecule has 41 heavy (non-hydrogen) atoms. The topological polar surface area (TPSA) is 98.4 Å². The molecule has 3 heterocycles. The number of fused-ring (bicyclic) bond motifs is 2. The van der Waals surface area contributed by atoms with Gasteiger partial charge in [-0.15, -0.1) is 0 Å². The summed E-state index contributed by atoms with van der Waals surface area (Å²) in [6, 6.07) is 16.8. The number of anilines is 2. The van der Waals surface area contributed by atoms with Crippen molar-refractivity contribution >= 4 is 33.3 Å². The fraction of sp³-hybridized carbons (Fsp3) is 0.0645. The zero-order valence-corrected chi connectivity index (χ0v) is 21.9. The number of H-pyrrole nitrogens is 1. The fourth-order valence-electron chi connectivity index (χ4n) is 4.58. The third-order valence-electron chi connectivity index (χ3n) is 6.55. The van der Waals surface area contributed by atoms with Crippen molar-refractivity contribution in [1.29, 1.82) is 0 Å². The van der Waals surface area contributed by atoms with E-state index < -0.39 is 11.6 Å². The quantitative estimate of drug-likeness (QED) is 0.221. The second kappa shape index (κ2) is 10.6. The zero-order valence-electron chi connectivity index (χ0n) is 21.9. The first kappa shape index (κ1) is 25.8. The monoisotopic (exact) mass is 552 g/mol. The lowest BCUT2D eigenvalue weighted by Crippen LogP contribution is -2.10. The largest absolute Gasteiger partial charge is 0.493 e. The molecule has 0 bridgehead atoms. The molecule has 0 radical (unpaired) electrons. The molecule has 0 fully saturated rings. The molecule has 0 atom stereocenters. The molecule has 0 aliphatic carbocycles. The molecule has 0 unspecified atom stereocenters. The molecular formula is C31H22F2N4O4. The Kier molecular flexibility index (Phi) is 6.64. The second-order valence-electron chi connectivity index (χ2n) is 9.03. The van der Waals surface area contributed by atoms with Gasteiger partial charge in [0.25, 0.3) is 0 Å². The van der Waals surface area contributed by atoms with E-state index in [-0.39, 0.29) is 27.9 Å². The molecule has 0 aliphatic heterocycles. The van der Waals surface area contributed by atoms with Crippen LogP contribution in [-0.2, 0) is 0 Å². The van der Waals surface area contributed by atoms with Gasteiger partial charge >= 0.3 is 0 Å². The predicted molar refractivity (Wildman–Crippen MR) is 152 cm³/mol. The number of halogens is 2. The van der Waals surface area contributed by atoms with Crippen LogP contribution in [0.25, 0.3) is 32.9 Å². The van der Waals surface area contributed by atoms with Gasteiger partial charge in [-0.1, -0.05) is 12.1 Å². The molecule has 3 aromatic carbocycles. The molecule has 0 saturated heterocycles. The zero-order chi connectivity index (χ0) is 28.5.